The van der Waals surface area contributed by atoms with Crippen LogP contribution in [0.5, 0.6) is 0 Å². The molecule has 1 rings (SSSR count). The first kappa shape index (κ1) is 10.7. The summed E-state index contributed by atoms with van der Waals surface area (Å²) in [5, 5.41) is 8.67. The Kier molecular flexibility index (Phi) is 3.67. The maximum atomic E-state index is 8.67. The summed E-state index contributed by atoms with van der Waals surface area (Å²) in [5.41, 5.74) is 8.21. The molecular weight excluding hydrogens is 172 g/mol. The number of rotatable bonds is 3. The summed E-state index contributed by atoms with van der Waals surface area (Å²) >= 11 is 0. The summed E-state index contributed by atoms with van der Waals surface area (Å²) in [6.07, 6.45) is 0.441. The summed E-state index contributed by atoms with van der Waals surface area (Å²) in [6.45, 7) is 4.18. The number of nitrogens with two attached hydrogens (primary N) is 1. The Hall–Kier alpha value is -1.33. The quantitative estimate of drug-likeness (QED) is 0.791. The third-order valence-electron chi connectivity index (χ3n) is 2.40. The van der Waals surface area contributed by atoms with Crippen LogP contribution in [0.15, 0.2) is 24.3 Å². The number of hydrogen-bond acceptors (Lipinski definition) is 2. The molecule has 0 bridgehead atoms. The van der Waals surface area contributed by atoms with Gasteiger partial charge in [0.2, 0.25) is 0 Å². The van der Waals surface area contributed by atoms with Gasteiger partial charge in [-0.05, 0) is 17.0 Å². The lowest BCUT2D eigenvalue weighted by atomic mass is 9.92. The van der Waals surface area contributed by atoms with Gasteiger partial charge in [-0.2, -0.15) is 5.26 Å². The fourth-order valence-corrected chi connectivity index (χ4v) is 1.46. The fraction of sp³-hybridized carbons (Fsp3) is 0.417. The molecule has 1 atom stereocenters. The molecule has 0 amide bonds. The molecular formula is C12H16N2. The molecule has 2 heteroatoms. The van der Waals surface area contributed by atoms with E-state index in [-0.39, 0.29) is 6.04 Å². The van der Waals surface area contributed by atoms with Crippen molar-refractivity contribution < 1.29 is 0 Å². The standard InChI is InChI=1S/C12H16N2/c1-9(2)12(14)11-6-4-3-5-10(11)7-8-13/h3-6,9,12H,7,14H2,1-2H3. The van der Waals surface area contributed by atoms with Crippen LogP contribution in [0.1, 0.15) is 31.0 Å². The normalized spacial score (nSPS) is 12.5. The van der Waals surface area contributed by atoms with Crippen molar-refractivity contribution >= 4 is 0 Å². The van der Waals surface area contributed by atoms with Crippen molar-refractivity contribution in [2.24, 2.45) is 11.7 Å². The molecule has 1 unspecified atom stereocenters. The average Bonchev–Trinajstić information content (AvgIpc) is 2.18. The zero-order chi connectivity index (χ0) is 10.6. The second-order valence-corrected chi connectivity index (χ2v) is 3.80. The van der Waals surface area contributed by atoms with Gasteiger partial charge in [0, 0.05) is 6.04 Å². The van der Waals surface area contributed by atoms with E-state index in [0.717, 1.165) is 11.1 Å². The molecule has 0 aliphatic carbocycles. The SMILES string of the molecule is CC(C)C(N)c1ccccc1CC#N. The molecule has 0 heterocycles. The highest BCUT2D eigenvalue weighted by Gasteiger charge is 2.13. The predicted molar refractivity (Wildman–Crippen MR) is 57.5 cm³/mol. The number of benzene rings is 1. The Morgan fingerprint density at radius 2 is 2.00 bits per heavy atom. The van der Waals surface area contributed by atoms with Crippen LogP contribution in [-0.2, 0) is 6.42 Å². The lowest BCUT2D eigenvalue weighted by molar-refractivity contribution is 0.511. The Labute approximate surface area is 85.4 Å². The highest BCUT2D eigenvalue weighted by Crippen LogP contribution is 2.22. The van der Waals surface area contributed by atoms with Gasteiger partial charge in [0.25, 0.3) is 0 Å². The van der Waals surface area contributed by atoms with Gasteiger partial charge in [-0.3, -0.25) is 0 Å². The van der Waals surface area contributed by atoms with Crippen molar-refractivity contribution in [1.82, 2.24) is 0 Å². The molecule has 2 nitrogen and oxygen atoms in total. The van der Waals surface area contributed by atoms with E-state index >= 15 is 0 Å². The first-order valence-corrected chi connectivity index (χ1v) is 4.87. The summed E-state index contributed by atoms with van der Waals surface area (Å²) in [5.74, 6) is 0.398. The maximum absolute atomic E-state index is 8.67. The van der Waals surface area contributed by atoms with Crippen molar-refractivity contribution in [3.8, 4) is 6.07 Å². The van der Waals surface area contributed by atoms with Crippen molar-refractivity contribution in [3.05, 3.63) is 35.4 Å². The molecule has 0 saturated carbocycles. The molecule has 2 N–H and O–H groups in total. The van der Waals surface area contributed by atoms with E-state index in [2.05, 4.69) is 19.9 Å². The van der Waals surface area contributed by atoms with Gasteiger partial charge in [-0.25, -0.2) is 0 Å². The molecule has 0 fully saturated rings. The second kappa shape index (κ2) is 4.78. The fourth-order valence-electron chi connectivity index (χ4n) is 1.46. The molecule has 0 aliphatic heterocycles. The minimum Gasteiger partial charge on any atom is -0.324 e. The summed E-state index contributed by atoms with van der Waals surface area (Å²) in [6, 6.07) is 10.1. The average molecular weight is 188 g/mol. The van der Waals surface area contributed by atoms with Crippen LogP contribution in [0.2, 0.25) is 0 Å². The smallest absolute Gasteiger partial charge is 0.0669 e. The van der Waals surface area contributed by atoms with E-state index in [1.807, 2.05) is 24.3 Å². The Morgan fingerprint density at radius 3 is 2.57 bits per heavy atom. The van der Waals surface area contributed by atoms with Gasteiger partial charge in [-0.1, -0.05) is 38.1 Å². The molecule has 0 aliphatic rings. The van der Waals surface area contributed by atoms with E-state index in [0.29, 0.717) is 12.3 Å². The zero-order valence-electron chi connectivity index (χ0n) is 8.70. The molecule has 0 radical (unpaired) electrons. The Bertz CT molecular complexity index is 336. The van der Waals surface area contributed by atoms with Crippen LogP contribution in [0.25, 0.3) is 0 Å². The van der Waals surface area contributed by atoms with E-state index in [1.165, 1.54) is 0 Å². The number of nitrogens with zero attached hydrogens (tertiary/aromatic N) is 1. The van der Waals surface area contributed by atoms with Crippen LogP contribution in [0.3, 0.4) is 0 Å². The minimum atomic E-state index is 0.0274. The molecule has 0 saturated heterocycles. The third-order valence-corrected chi connectivity index (χ3v) is 2.40. The van der Waals surface area contributed by atoms with E-state index in [4.69, 9.17) is 11.0 Å². The highest BCUT2D eigenvalue weighted by atomic mass is 14.6. The van der Waals surface area contributed by atoms with E-state index in [9.17, 15) is 0 Å². The Balaban J connectivity index is 3.01. The molecule has 1 aromatic carbocycles. The largest absolute Gasteiger partial charge is 0.324 e. The summed E-state index contributed by atoms with van der Waals surface area (Å²) in [4.78, 5) is 0. The predicted octanol–water partition coefficient (Wildman–Crippen LogP) is 2.41. The topological polar surface area (TPSA) is 49.8 Å². The van der Waals surface area contributed by atoms with Crippen molar-refractivity contribution in [2.75, 3.05) is 0 Å². The van der Waals surface area contributed by atoms with Crippen molar-refractivity contribution in [3.63, 3.8) is 0 Å². The number of nitriles is 1. The van der Waals surface area contributed by atoms with Crippen LogP contribution in [-0.4, -0.2) is 0 Å². The van der Waals surface area contributed by atoms with Crippen molar-refractivity contribution in [1.29, 1.82) is 5.26 Å². The molecule has 0 spiro atoms. The Morgan fingerprint density at radius 1 is 1.36 bits per heavy atom. The maximum Gasteiger partial charge on any atom is 0.0669 e. The number of hydrogen-bond donors (Lipinski definition) is 1. The second-order valence-electron chi connectivity index (χ2n) is 3.80. The molecule has 0 aromatic heterocycles. The first-order valence-electron chi connectivity index (χ1n) is 4.87. The molecule has 1 aromatic rings. The molecule has 74 valence electrons. The van der Waals surface area contributed by atoms with Gasteiger partial charge in [0.05, 0.1) is 12.5 Å². The van der Waals surface area contributed by atoms with Gasteiger partial charge in [0.1, 0.15) is 0 Å². The highest BCUT2D eigenvalue weighted by molar-refractivity contribution is 5.32. The minimum absolute atomic E-state index is 0.0274. The van der Waals surface area contributed by atoms with Crippen LogP contribution in [0, 0.1) is 17.2 Å². The van der Waals surface area contributed by atoms with Gasteiger partial charge in [0.15, 0.2) is 0 Å². The van der Waals surface area contributed by atoms with E-state index < -0.39 is 0 Å². The van der Waals surface area contributed by atoms with Gasteiger partial charge < -0.3 is 5.73 Å². The zero-order valence-corrected chi connectivity index (χ0v) is 8.70. The lowest BCUT2D eigenvalue weighted by Crippen LogP contribution is -2.18. The van der Waals surface area contributed by atoms with Gasteiger partial charge in [-0.15, -0.1) is 0 Å². The summed E-state index contributed by atoms with van der Waals surface area (Å²) in [7, 11) is 0. The van der Waals surface area contributed by atoms with Crippen LogP contribution in [0.4, 0.5) is 0 Å². The molecule has 14 heavy (non-hydrogen) atoms. The lowest BCUT2D eigenvalue weighted by Gasteiger charge is -2.18. The van der Waals surface area contributed by atoms with Crippen LogP contribution < -0.4 is 5.73 Å². The monoisotopic (exact) mass is 188 g/mol. The first-order chi connectivity index (χ1) is 6.66. The summed E-state index contributed by atoms with van der Waals surface area (Å²) < 4.78 is 0. The van der Waals surface area contributed by atoms with Gasteiger partial charge >= 0.3 is 0 Å². The third kappa shape index (κ3) is 2.34. The van der Waals surface area contributed by atoms with Crippen LogP contribution >= 0.6 is 0 Å². The van der Waals surface area contributed by atoms with Crippen molar-refractivity contribution in [2.45, 2.75) is 26.3 Å². The van der Waals surface area contributed by atoms with E-state index in [1.54, 1.807) is 0 Å².